The first-order valence-electron chi connectivity index (χ1n) is 6.51. The summed E-state index contributed by atoms with van der Waals surface area (Å²) in [5, 5.41) is 6.90. The summed E-state index contributed by atoms with van der Waals surface area (Å²) in [6.07, 6.45) is 2.06. The molecule has 20 heavy (non-hydrogen) atoms. The molecule has 1 heterocycles. The summed E-state index contributed by atoms with van der Waals surface area (Å²) in [4.78, 5) is 1.34. The highest BCUT2D eigenvalue weighted by atomic mass is 79.9. The van der Waals surface area contributed by atoms with Crippen LogP contribution >= 0.6 is 50.5 Å². The number of hydrogen-bond acceptors (Lipinski definition) is 2. The van der Waals surface area contributed by atoms with Crippen LogP contribution in [0.1, 0.15) is 29.8 Å². The molecule has 1 nitrogen and oxygen atoms in total. The Balaban J connectivity index is 2.19. The van der Waals surface area contributed by atoms with Crippen molar-refractivity contribution in [1.82, 2.24) is 5.32 Å². The van der Waals surface area contributed by atoms with Gasteiger partial charge in [-0.2, -0.15) is 0 Å². The minimum Gasteiger partial charge on any atom is -0.310 e. The minimum absolute atomic E-state index is 0.260. The van der Waals surface area contributed by atoms with Gasteiger partial charge in [-0.15, -0.1) is 11.3 Å². The predicted molar refractivity (Wildman–Crippen MR) is 93.2 cm³/mol. The van der Waals surface area contributed by atoms with Gasteiger partial charge in [0.25, 0.3) is 0 Å². The van der Waals surface area contributed by atoms with E-state index in [1.54, 1.807) is 11.3 Å². The standard InChI is InChI=1S/C15H16BrCl2NS/c1-2-5-19-15(8-12-7-11(16)9-20-12)10-3-4-13(17)14(18)6-10/h3-4,6-7,9,15,19H,2,5,8H2,1H3. The third-order valence-electron chi connectivity index (χ3n) is 3.01. The van der Waals surface area contributed by atoms with Crippen molar-refractivity contribution in [2.24, 2.45) is 0 Å². The molecule has 0 saturated carbocycles. The lowest BCUT2D eigenvalue weighted by Crippen LogP contribution is -2.23. The summed E-state index contributed by atoms with van der Waals surface area (Å²) in [5.74, 6) is 0. The van der Waals surface area contributed by atoms with Crippen LogP contribution in [0.2, 0.25) is 10.0 Å². The maximum Gasteiger partial charge on any atom is 0.0595 e. The fraction of sp³-hybridized carbons (Fsp3) is 0.333. The molecule has 1 atom stereocenters. The quantitative estimate of drug-likeness (QED) is 0.625. The molecule has 1 aromatic carbocycles. The predicted octanol–water partition coefficient (Wildman–Crippen LogP) is 6.10. The van der Waals surface area contributed by atoms with Gasteiger partial charge < -0.3 is 5.32 Å². The lowest BCUT2D eigenvalue weighted by atomic mass is 10.0. The van der Waals surface area contributed by atoms with E-state index in [0.29, 0.717) is 10.0 Å². The topological polar surface area (TPSA) is 12.0 Å². The van der Waals surface area contributed by atoms with Crippen LogP contribution in [0.5, 0.6) is 0 Å². The van der Waals surface area contributed by atoms with Crippen LogP contribution in [0, 0.1) is 0 Å². The van der Waals surface area contributed by atoms with Crippen molar-refractivity contribution in [1.29, 1.82) is 0 Å². The summed E-state index contributed by atoms with van der Waals surface area (Å²) in [7, 11) is 0. The van der Waals surface area contributed by atoms with Crippen molar-refractivity contribution >= 4 is 50.5 Å². The molecule has 0 saturated heterocycles. The lowest BCUT2D eigenvalue weighted by molar-refractivity contribution is 0.532. The van der Waals surface area contributed by atoms with Crippen molar-refractivity contribution in [3.8, 4) is 0 Å². The molecule has 5 heteroatoms. The van der Waals surface area contributed by atoms with Crippen LogP contribution in [0.3, 0.4) is 0 Å². The highest BCUT2D eigenvalue weighted by Crippen LogP contribution is 2.29. The Morgan fingerprint density at radius 3 is 2.65 bits per heavy atom. The molecule has 1 N–H and O–H groups in total. The van der Waals surface area contributed by atoms with E-state index in [4.69, 9.17) is 23.2 Å². The van der Waals surface area contributed by atoms with Crippen LogP contribution in [-0.4, -0.2) is 6.54 Å². The fourth-order valence-corrected chi connectivity index (χ4v) is 3.82. The molecule has 1 aromatic heterocycles. The van der Waals surface area contributed by atoms with Gasteiger partial charge >= 0.3 is 0 Å². The molecule has 0 aliphatic heterocycles. The second-order valence-electron chi connectivity index (χ2n) is 4.62. The van der Waals surface area contributed by atoms with E-state index in [-0.39, 0.29) is 6.04 Å². The van der Waals surface area contributed by atoms with E-state index in [9.17, 15) is 0 Å². The third-order valence-corrected chi connectivity index (χ3v) is 5.47. The Morgan fingerprint density at radius 1 is 1.25 bits per heavy atom. The molecule has 1 unspecified atom stereocenters. The number of halogens is 3. The van der Waals surface area contributed by atoms with Gasteiger partial charge in [-0.1, -0.05) is 36.2 Å². The average Bonchev–Trinajstić information content (AvgIpc) is 2.83. The van der Waals surface area contributed by atoms with Gasteiger partial charge in [0.05, 0.1) is 10.0 Å². The molecule has 108 valence electrons. The van der Waals surface area contributed by atoms with Crippen molar-refractivity contribution in [2.45, 2.75) is 25.8 Å². The number of thiophene rings is 1. The molecule has 0 amide bonds. The lowest BCUT2D eigenvalue weighted by Gasteiger charge is -2.19. The molecular weight excluding hydrogens is 377 g/mol. The molecule has 2 rings (SSSR count). The summed E-state index contributed by atoms with van der Waals surface area (Å²) in [6.45, 7) is 3.15. The van der Waals surface area contributed by atoms with Crippen molar-refractivity contribution < 1.29 is 0 Å². The maximum atomic E-state index is 6.13. The average molecular weight is 393 g/mol. The van der Waals surface area contributed by atoms with Crippen molar-refractivity contribution in [2.75, 3.05) is 6.54 Å². The largest absolute Gasteiger partial charge is 0.310 e. The molecule has 0 aliphatic rings. The van der Waals surface area contributed by atoms with Crippen LogP contribution in [0.25, 0.3) is 0 Å². The highest BCUT2D eigenvalue weighted by Gasteiger charge is 2.14. The summed E-state index contributed by atoms with van der Waals surface area (Å²) < 4.78 is 1.14. The third kappa shape index (κ3) is 4.47. The number of nitrogens with one attached hydrogen (secondary N) is 1. The Morgan fingerprint density at radius 2 is 2.05 bits per heavy atom. The normalized spacial score (nSPS) is 12.6. The first-order chi connectivity index (χ1) is 9.60. The van der Waals surface area contributed by atoms with E-state index >= 15 is 0 Å². The Bertz CT molecular complexity index is 571. The number of hydrogen-bond donors (Lipinski definition) is 1. The van der Waals surface area contributed by atoms with Gasteiger partial charge in [-0.3, -0.25) is 0 Å². The van der Waals surface area contributed by atoms with Gasteiger partial charge in [0.2, 0.25) is 0 Å². The molecular formula is C15H16BrCl2NS. The minimum atomic E-state index is 0.260. The second kappa shape index (κ2) is 7.81. The maximum absolute atomic E-state index is 6.13. The Kier molecular flexibility index (Phi) is 6.37. The number of benzene rings is 1. The SMILES string of the molecule is CCCNC(Cc1cc(Br)cs1)c1ccc(Cl)c(Cl)c1. The molecule has 0 fully saturated rings. The summed E-state index contributed by atoms with van der Waals surface area (Å²) >= 11 is 17.4. The van der Waals surface area contributed by atoms with Gasteiger partial charge in [-0.25, -0.2) is 0 Å². The highest BCUT2D eigenvalue weighted by molar-refractivity contribution is 9.10. The smallest absolute Gasteiger partial charge is 0.0595 e. The van der Waals surface area contributed by atoms with Crippen LogP contribution in [0.15, 0.2) is 34.1 Å². The van der Waals surface area contributed by atoms with Crippen LogP contribution in [0.4, 0.5) is 0 Å². The molecule has 2 aromatic rings. The van der Waals surface area contributed by atoms with E-state index in [1.165, 1.54) is 10.4 Å². The van der Waals surface area contributed by atoms with Crippen LogP contribution in [-0.2, 0) is 6.42 Å². The monoisotopic (exact) mass is 391 g/mol. The van der Waals surface area contributed by atoms with E-state index < -0.39 is 0 Å². The van der Waals surface area contributed by atoms with Crippen molar-refractivity contribution in [3.05, 3.63) is 54.6 Å². The van der Waals surface area contributed by atoms with Gasteiger partial charge in [0, 0.05) is 27.2 Å². The Hall–Kier alpha value is -0.0600. The van der Waals surface area contributed by atoms with Gasteiger partial charge in [0.1, 0.15) is 0 Å². The first kappa shape index (κ1) is 16.3. The van der Waals surface area contributed by atoms with Gasteiger partial charge in [0.15, 0.2) is 0 Å². The van der Waals surface area contributed by atoms with E-state index in [1.807, 2.05) is 18.2 Å². The molecule has 0 bridgehead atoms. The van der Waals surface area contributed by atoms with E-state index in [2.05, 4.69) is 39.6 Å². The second-order valence-corrected chi connectivity index (χ2v) is 7.34. The molecule has 0 aliphatic carbocycles. The molecule has 0 spiro atoms. The van der Waals surface area contributed by atoms with Crippen LogP contribution < -0.4 is 5.32 Å². The first-order valence-corrected chi connectivity index (χ1v) is 8.94. The Labute approximate surface area is 142 Å². The van der Waals surface area contributed by atoms with Crippen molar-refractivity contribution in [3.63, 3.8) is 0 Å². The zero-order chi connectivity index (χ0) is 14.5. The fourth-order valence-electron chi connectivity index (χ4n) is 2.02. The zero-order valence-electron chi connectivity index (χ0n) is 11.1. The van der Waals surface area contributed by atoms with E-state index in [0.717, 1.165) is 23.9 Å². The summed E-state index contributed by atoms with van der Waals surface area (Å²) in [6, 6.07) is 8.30. The molecule has 0 radical (unpaired) electrons. The summed E-state index contributed by atoms with van der Waals surface area (Å²) in [5.41, 5.74) is 1.18. The van der Waals surface area contributed by atoms with Gasteiger partial charge in [-0.05, 0) is 52.7 Å². The zero-order valence-corrected chi connectivity index (χ0v) is 15.0. The number of rotatable bonds is 6.